The maximum atomic E-state index is 10.5. The van der Waals surface area contributed by atoms with Crippen LogP contribution in [0.5, 0.6) is 0 Å². The maximum absolute atomic E-state index is 10.5. The van der Waals surface area contributed by atoms with Gasteiger partial charge in [0.2, 0.25) is 0 Å². The summed E-state index contributed by atoms with van der Waals surface area (Å²) >= 11 is 7.39. The van der Waals surface area contributed by atoms with Crippen LogP contribution in [-0.2, 0) is 0 Å². The number of nitrogens with zero attached hydrogens (tertiary/aromatic N) is 2. The van der Waals surface area contributed by atoms with Gasteiger partial charge in [-0.3, -0.25) is 0 Å². The van der Waals surface area contributed by atoms with Crippen molar-refractivity contribution in [2.45, 2.75) is 37.7 Å². The minimum atomic E-state index is -0.618. The number of anilines is 1. The van der Waals surface area contributed by atoms with Crippen LogP contribution in [0.2, 0.25) is 5.02 Å². The fourth-order valence-corrected chi connectivity index (χ4v) is 3.40. The van der Waals surface area contributed by atoms with E-state index in [0.29, 0.717) is 11.6 Å². The quantitative estimate of drug-likeness (QED) is 0.911. The number of aromatic nitrogens is 2. The molecule has 0 aliphatic heterocycles. The lowest BCUT2D eigenvalue weighted by Crippen LogP contribution is -2.38. The highest BCUT2D eigenvalue weighted by Gasteiger charge is 2.29. The lowest BCUT2D eigenvalue weighted by atomic mass is 9.85. The normalized spacial score (nSPS) is 18.6. The number of hydrogen-bond donors (Lipinski definition) is 2. The van der Waals surface area contributed by atoms with Crippen molar-refractivity contribution in [1.82, 2.24) is 8.75 Å². The van der Waals surface area contributed by atoms with E-state index in [4.69, 9.17) is 11.6 Å². The summed E-state index contributed by atoms with van der Waals surface area (Å²) in [6, 6.07) is 3.68. The molecule has 1 aromatic heterocycles. The van der Waals surface area contributed by atoms with Crippen LogP contribution in [0.3, 0.4) is 0 Å². The van der Waals surface area contributed by atoms with Gasteiger partial charge in [0.15, 0.2) is 0 Å². The molecule has 1 heterocycles. The number of benzene rings is 1. The van der Waals surface area contributed by atoms with Crippen molar-refractivity contribution in [3.05, 3.63) is 17.2 Å². The molecule has 2 N–H and O–H groups in total. The molecule has 0 bridgehead atoms. The molecule has 1 fully saturated rings. The predicted octanol–water partition coefficient (Wildman–Crippen LogP) is 3.45. The van der Waals surface area contributed by atoms with E-state index in [1.165, 1.54) is 18.1 Å². The van der Waals surface area contributed by atoms with Crippen molar-refractivity contribution in [2.24, 2.45) is 0 Å². The fourth-order valence-electron chi connectivity index (χ4n) is 2.63. The van der Waals surface area contributed by atoms with Gasteiger partial charge < -0.3 is 10.4 Å². The SMILES string of the molecule is OC1(CNc2c(Cl)ccc3nsnc23)CCCCC1. The van der Waals surface area contributed by atoms with Gasteiger partial charge in [0.05, 0.1) is 28.0 Å². The summed E-state index contributed by atoms with van der Waals surface area (Å²) in [6.45, 7) is 0.517. The van der Waals surface area contributed by atoms with Crippen molar-refractivity contribution in [2.75, 3.05) is 11.9 Å². The van der Waals surface area contributed by atoms with Gasteiger partial charge in [-0.05, 0) is 25.0 Å². The van der Waals surface area contributed by atoms with Crippen molar-refractivity contribution >= 4 is 40.0 Å². The number of rotatable bonds is 3. The van der Waals surface area contributed by atoms with Crippen molar-refractivity contribution in [3.8, 4) is 0 Å². The monoisotopic (exact) mass is 297 g/mol. The van der Waals surface area contributed by atoms with Crippen LogP contribution in [0.1, 0.15) is 32.1 Å². The summed E-state index contributed by atoms with van der Waals surface area (Å²) in [4.78, 5) is 0. The first-order valence-electron chi connectivity index (χ1n) is 6.55. The van der Waals surface area contributed by atoms with E-state index in [9.17, 15) is 5.11 Å². The van der Waals surface area contributed by atoms with Gasteiger partial charge in [-0.1, -0.05) is 30.9 Å². The number of nitrogens with one attached hydrogen (secondary N) is 1. The molecule has 4 nitrogen and oxygen atoms in total. The van der Waals surface area contributed by atoms with Crippen LogP contribution >= 0.6 is 23.3 Å². The topological polar surface area (TPSA) is 58.0 Å². The number of halogens is 1. The van der Waals surface area contributed by atoms with Gasteiger partial charge in [-0.25, -0.2) is 0 Å². The zero-order chi connectivity index (χ0) is 13.3. The Balaban J connectivity index is 1.81. The third-order valence-electron chi connectivity index (χ3n) is 3.76. The molecule has 1 aliphatic carbocycles. The van der Waals surface area contributed by atoms with Gasteiger partial charge in [0, 0.05) is 6.54 Å². The molecule has 0 spiro atoms. The molecule has 102 valence electrons. The van der Waals surface area contributed by atoms with Crippen molar-refractivity contribution in [3.63, 3.8) is 0 Å². The molecular formula is C13H16ClN3OS. The second kappa shape index (κ2) is 5.23. The second-order valence-corrected chi connectivity index (χ2v) is 6.13. The van der Waals surface area contributed by atoms with Gasteiger partial charge in [-0.15, -0.1) is 0 Å². The molecular weight excluding hydrogens is 282 g/mol. The molecule has 0 saturated heterocycles. The number of aliphatic hydroxyl groups is 1. The average molecular weight is 298 g/mol. The molecule has 6 heteroatoms. The molecule has 0 amide bonds. The molecule has 1 aromatic carbocycles. The highest BCUT2D eigenvalue weighted by atomic mass is 35.5. The Morgan fingerprint density at radius 2 is 2.05 bits per heavy atom. The van der Waals surface area contributed by atoms with Crippen LogP contribution in [0.4, 0.5) is 5.69 Å². The molecule has 2 aromatic rings. The summed E-state index contributed by atoms with van der Waals surface area (Å²) < 4.78 is 8.47. The number of hydrogen-bond acceptors (Lipinski definition) is 5. The first-order chi connectivity index (χ1) is 9.18. The largest absolute Gasteiger partial charge is 0.388 e. The van der Waals surface area contributed by atoms with Crippen molar-refractivity contribution < 1.29 is 5.11 Å². The van der Waals surface area contributed by atoms with E-state index in [0.717, 1.165) is 42.4 Å². The van der Waals surface area contributed by atoms with Crippen molar-refractivity contribution in [1.29, 1.82) is 0 Å². The lowest BCUT2D eigenvalue weighted by molar-refractivity contribution is 0.0167. The van der Waals surface area contributed by atoms with E-state index in [1.54, 1.807) is 0 Å². The minimum Gasteiger partial charge on any atom is -0.388 e. The summed E-state index contributed by atoms with van der Waals surface area (Å²) in [7, 11) is 0. The molecule has 19 heavy (non-hydrogen) atoms. The maximum Gasteiger partial charge on any atom is 0.129 e. The number of fused-ring (bicyclic) bond motifs is 1. The standard InChI is InChI=1S/C13H16ClN3OS/c14-9-4-5-10-12(17-19-16-10)11(9)15-8-13(18)6-2-1-3-7-13/h4-5,15,18H,1-3,6-8H2. The third kappa shape index (κ3) is 2.68. The van der Waals surface area contributed by atoms with E-state index in [-0.39, 0.29) is 0 Å². The first-order valence-corrected chi connectivity index (χ1v) is 7.66. The van der Waals surface area contributed by atoms with E-state index >= 15 is 0 Å². The second-order valence-electron chi connectivity index (χ2n) is 5.19. The van der Waals surface area contributed by atoms with E-state index in [1.807, 2.05) is 12.1 Å². The van der Waals surface area contributed by atoms with Gasteiger partial charge in [0.25, 0.3) is 0 Å². The summed E-state index contributed by atoms with van der Waals surface area (Å²) in [5, 5.41) is 14.4. The van der Waals surface area contributed by atoms with Crippen LogP contribution in [0, 0.1) is 0 Å². The zero-order valence-electron chi connectivity index (χ0n) is 10.5. The van der Waals surface area contributed by atoms with Crippen LogP contribution in [0.25, 0.3) is 11.0 Å². The van der Waals surface area contributed by atoms with Crippen LogP contribution < -0.4 is 5.32 Å². The van der Waals surface area contributed by atoms with Gasteiger partial charge >= 0.3 is 0 Å². The molecule has 3 rings (SSSR count). The fraction of sp³-hybridized carbons (Fsp3) is 0.538. The highest BCUT2D eigenvalue weighted by molar-refractivity contribution is 7.00. The Hall–Kier alpha value is -0.910. The summed E-state index contributed by atoms with van der Waals surface area (Å²) in [6.07, 6.45) is 5.10. The Labute approximate surface area is 121 Å². The Kier molecular flexibility index (Phi) is 3.60. The Bertz CT molecular complexity index is 580. The average Bonchev–Trinajstić information content (AvgIpc) is 2.87. The lowest BCUT2D eigenvalue weighted by Gasteiger charge is -2.32. The summed E-state index contributed by atoms with van der Waals surface area (Å²) in [5.41, 5.74) is 1.80. The highest BCUT2D eigenvalue weighted by Crippen LogP contribution is 2.32. The van der Waals surface area contributed by atoms with Crippen LogP contribution in [-0.4, -0.2) is 26.0 Å². The summed E-state index contributed by atoms with van der Waals surface area (Å²) in [5.74, 6) is 0. The Morgan fingerprint density at radius 3 is 2.84 bits per heavy atom. The Morgan fingerprint density at radius 1 is 1.26 bits per heavy atom. The van der Waals surface area contributed by atoms with Gasteiger partial charge in [0.1, 0.15) is 11.0 Å². The molecule has 0 unspecified atom stereocenters. The third-order valence-corrected chi connectivity index (χ3v) is 4.61. The molecule has 0 radical (unpaired) electrons. The molecule has 1 aliphatic rings. The predicted molar refractivity (Wildman–Crippen MR) is 78.9 cm³/mol. The van der Waals surface area contributed by atoms with Gasteiger partial charge in [-0.2, -0.15) is 8.75 Å². The minimum absolute atomic E-state index is 0.517. The van der Waals surface area contributed by atoms with E-state index < -0.39 is 5.60 Å². The van der Waals surface area contributed by atoms with E-state index in [2.05, 4.69) is 14.1 Å². The molecule has 1 saturated carbocycles. The zero-order valence-corrected chi connectivity index (χ0v) is 12.1. The smallest absolute Gasteiger partial charge is 0.129 e. The molecule has 0 atom stereocenters. The van der Waals surface area contributed by atoms with Crippen LogP contribution in [0.15, 0.2) is 12.1 Å². The first kappa shape index (κ1) is 13.1.